The SMILES string of the molecule is c1ccc2c(c1)-c1cccc3cc(-c4ccc5c(-c6ccc7ccccc7c6)c6ccccc6c(-c6cccc7ccccc67)c5c4)cc-2c13. The molecule has 0 aliphatic heterocycles. The monoisotopic (exact) mass is 630 g/mol. The Morgan fingerprint density at radius 3 is 1.62 bits per heavy atom. The number of benzene rings is 10. The maximum atomic E-state index is 2.46. The van der Waals surface area contributed by atoms with Gasteiger partial charge in [-0.25, -0.2) is 0 Å². The van der Waals surface area contributed by atoms with Crippen LogP contribution in [0.15, 0.2) is 182 Å². The van der Waals surface area contributed by atoms with Gasteiger partial charge in [0.2, 0.25) is 0 Å². The fourth-order valence-electron chi connectivity index (χ4n) is 8.73. The van der Waals surface area contributed by atoms with Gasteiger partial charge in [0.15, 0.2) is 0 Å². The average Bonchev–Trinajstić information content (AvgIpc) is 3.51. The molecule has 0 amide bonds. The van der Waals surface area contributed by atoms with E-state index in [1.165, 1.54) is 109 Å². The van der Waals surface area contributed by atoms with E-state index in [2.05, 4.69) is 182 Å². The molecule has 0 heteroatoms. The van der Waals surface area contributed by atoms with Gasteiger partial charge in [0.1, 0.15) is 0 Å². The first kappa shape index (κ1) is 27.5. The summed E-state index contributed by atoms with van der Waals surface area (Å²) < 4.78 is 0. The maximum absolute atomic E-state index is 2.46. The lowest BCUT2D eigenvalue weighted by Crippen LogP contribution is -1.93. The van der Waals surface area contributed by atoms with E-state index < -0.39 is 0 Å². The lowest BCUT2D eigenvalue weighted by atomic mass is 9.83. The van der Waals surface area contributed by atoms with E-state index in [9.17, 15) is 0 Å². The Hall–Kier alpha value is -6.50. The van der Waals surface area contributed by atoms with Crippen molar-refractivity contribution >= 4 is 53.9 Å². The average molecular weight is 631 g/mol. The molecular formula is C50H30. The van der Waals surface area contributed by atoms with Gasteiger partial charge in [-0.1, -0.05) is 158 Å². The van der Waals surface area contributed by atoms with Gasteiger partial charge in [-0.3, -0.25) is 0 Å². The van der Waals surface area contributed by atoms with Gasteiger partial charge < -0.3 is 0 Å². The van der Waals surface area contributed by atoms with Gasteiger partial charge in [0, 0.05) is 0 Å². The van der Waals surface area contributed by atoms with Crippen LogP contribution in [0.3, 0.4) is 0 Å². The van der Waals surface area contributed by atoms with E-state index in [1.54, 1.807) is 0 Å². The summed E-state index contributed by atoms with van der Waals surface area (Å²) >= 11 is 0. The zero-order chi connectivity index (χ0) is 32.8. The molecule has 0 aromatic heterocycles. The Balaban J connectivity index is 1.26. The van der Waals surface area contributed by atoms with E-state index >= 15 is 0 Å². The first-order valence-electron chi connectivity index (χ1n) is 17.4. The Labute approximate surface area is 290 Å². The minimum atomic E-state index is 1.23. The molecule has 0 saturated carbocycles. The molecule has 10 aromatic rings. The van der Waals surface area contributed by atoms with Crippen molar-refractivity contribution in [2.75, 3.05) is 0 Å². The van der Waals surface area contributed by atoms with E-state index in [1.807, 2.05) is 0 Å². The van der Waals surface area contributed by atoms with Gasteiger partial charge in [0.05, 0.1) is 0 Å². The van der Waals surface area contributed by atoms with Crippen molar-refractivity contribution in [1.82, 2.24) is 0 Å². The minimum absolute atomic E-state index is 1.23. The van der Waals surface area contributed by atoms with E-state index in [-0.39, 0.29) is 0 Å². The third kappa shape index (κ3) is 3.94. The number of fused-ring (bicyclic) bond motifs is 7. The molecular weight excluding hydrogens is 601 g/mol. The highest BCUT2D eigenvalue weighted by Crippen LogP contribution is 2.50. The molecule has 0 atom stereocenters. The van der Waals surface area contributed by atoms with Crippen LogP contribution in [0.4, 0.5) is 0 Å². The van der Waals surface area contributed by atoms with Gasteiger partial charge in [-0.2, -0.15) is 0 Å². The van der Waals surface area contributed by atoms with Gasteiger partial charge >= 0.3 is 0 Å². The molecule has 0 nitrogen and oxygen atoms in total. The molecule has 230 valence electrons. The summed E-state index contributed by atoms with van der Waals surface area (Å²) in [5.41, 5.74) is 12.9. The summed E-state index contributed by atoms with van der Waals surface area (Å²) in [6.07, 6.45) is 0. The Morgan fingerprint density at radius 1 is 0.220 bits per heavy atom. The molecule has 1 aliphatic rings. The standard InChI is InChI=1S/C50H30/c1-2-13-33-27-36(24-23-31(33)11-1)48-43-19-7-8-20-44(43)50(41-21-9-14-32-12-3-4-16-38(32)41)47-29-34(25-26-45(47)48)37-28-35-15-10-22-42-39-17-5-6-18-40(39)46(30-37)49(35)42/h1-30H. The second-order valence-electron chi connectivity index (χ2n) is 13.6. The highest BCUT2D eigenvalue weighted by molar-refractivity contribution is 6.24. The first-order chi connectivity index (χ1) is 24.8. The fourth-order valence-corrected chi connectivity index (χ4v) is 8.73. The number of hydrogen-bond acceptors (Lipinski definition) is 0. The predicted molar refractivity (Wildman–Crippen MR) is 215 cm³/mol. The molecule has 1 aliphatic carbocycles. The van der Waals surface area contributed by atoms with E-state index in [0.717, 1.165) is 0 Å². The Morgan fingerprint density at radius 2 is 0.780 bits per heavy atom. The van der Waals surface area contributed by atoms with Gasteiger partial charge in [0.25, 0.3) is 0 Å². The molecule has 0 heterocycles. The Kier molecular flexibility index (Phi) is 5.76. The molecule has 0 spiro atoms. The van der Waals surface area contributed by atoms with Crippen LogP contribution in [0.2, 0.25) is 0 Å². The second-order valence-corrected chi connectivity index (χ2v) is 13.6. The molecule has 50 heavy (non-hydrogen) atoms. The highest BCUT2D eigenvalue weighted by Gasteiger charge is 2.23. The fraction of sp³-hybridized carbons (Fsp3) is 0. The van der Waals surface area contributed by atoms with Crippen molar-refractivity contribution < 1.29 is 0 Å². The summed E-state index contributed by atoms with van der Waals surface area (Å²) in [7, 11) is 0. The molecule has 11 rings (SSSR count). The van der Waals surface area contributed by atoms with Gasteiger partial charge in [-0.15, -0.1) is 0 Å². The second kappa shape index (κ2) is 10.5. The topological polar surface area (TPSA) is 0 Å². The summed E-state index contributed by atoms with van der Waals surface area (Å²) in [5.74, 6) is 0. The van der Waals surface area contributed by atoms with Crippen LogP contribution >= 0.6 is 0 Å². The largest absolute Gasteiger partial charge is 0.0616 e. The Bertz CT molecular complexity index is 3030. The molecule has 0 fully saturated rings. The molecule has 0 bridgehead atoms. The summed E-state index contributed by atoms with van der Waals surface area (Å²) in [5, 5.41) is 12.8. The van der Waals surface area contributed by atoms with Crippen molar-refractivity contribution in [3.05, 3.63) is 182 Å². The summed E-state index contributed by atoms with van der Waals surface area (Å²) in [6.45, 7) is 0. The highest BCUT2D eigenvalue weighted by atomic mass is 14.3. The van der Waals surface area contributed by atoms with Crippen LogP contribution in [0.25, 0.3) is 109 Å². The van der Waals surface area contributed by atoms with Crippen molar-refractivity contribution in [2.24, 2.45) is 0 Å². The number of rotatable bonds is 3. The van der Waals surface area contributed by atoms with Crippen LogP contribution in [-0.2, 0) is 0 Å². The molecule has 0 radical (unpaired) electrons. The first-order valence-corrected chi connectivity index (χ1v) is 17.4. The van der Waals surface area contributed by atoms with Crippen molar-refractivity contribution in [3.63, 3.8) is 0 Å². The van der Waals surface area contributed by atoms with Gasteiger partial charge in [-0.05, 0) is 134 Å². The predicted octanol–water partition coefficient (Wildman–Crippen LogP) is 14.1. The third-order valence-electron chi connectivity index (χ3n) is 10.9. The summed E-state index contributed by atoms with van der Waals surface area (Å²) in [6, 6.07) is 67.7. The van der Waals surface area contributed by atoms with Crippen LogP contribution in [0.1, 0.15) is 0 Å². The van der Waals surface area contributed by atoms with Crippen LogP contribution in [-0.4, -0.2) is 0 Å². The smallest absolute Gasteiger partial charge is 0.00199 e. The maximum Gasteiger partial charge on any atom is -0.00199 e. The summed E-state index contributed by atoms with van der Waals surface area (Å²) in [4.78, 5) is 0. The third-order valence-corrected chi connectivity index (χ3v) is 10.9. The van der Waals surface area contributed by atoms with Crippen molar-refractivity contribution in [3.8, 4) is 55.6 Å². The molecule has 0 unspecified atom stereocenters. The van der Waals surface area contributed by atoms with Crippen molar-refractivity contribution in [1.29, 1.82) is 0 Å². The lowest BCUT2D eigenvalue weighted by Gasteiger charge is -2.20. The molecule has 0 N–H and O–H groups in total. The van der Waals surface area contributed by atoms with E-state index in [0.29, 0.717) is 0 Å². The van der Waals surface area contributed by atoms with Crippen LogP contribution < -0.4 is 0 Å². The quantitative estimate of drug-likeness (QED) is 0.170. The molecule has 10 aromatic carbocycles. The zero-order valence-electron chi connectivity index (χ0n) is 27.3. The number of hydrogen-bond donors (Lipinski definition) is 0. The van der Waals surface area contributed by atoms with Crippen molar-refractivity contribution in [2.45, 2.75) is 0 Å². The normalized spacial score (nSPS) is 12.0. The van der Waals surface area contributed by atoms with Crippen LogP contribution in [0.5, 0.6) is 0 Å². The minimum Gasteiger partial charge on any atom is -0.0616 e. The van der Waals surface area contributed by atoms with Crippen LogP contribution in [0, 0.1) is 0 Å². The van der Waals surface area contributed by atoms with E-state index in [4.69, 9.17) is 0 Å². The molecule has 0 saturated heterocycles. The zero-order valence-corrected chi connectivity index (χ0v) is 27.3. The lowest BCUT2D eigenvalue weighted by molar-refractivity contribution is 1.66.